The van der Waals surface area contributed by atoms with E-state index in [4.69, 9.17) is 11.6 Å². The summed E-state index contributed by atoms with van der Waals surface area (Å²) in [6.45, 7) is 3.18. The van der Waals surface area contributed by atoms with Gasteiger partial charge in [0.2, 0.25) is 0 Å². The summed E-state index contributed by atoms with van der Waals surface area (Å²) in [5.41, 5.74) is 1.21. The van der Waals surface area contributed by atoms with Gasteiger partial charge in [-0.15, -0.1) is 0 Å². The lowest BCUT2D eigenvalue weighted by Crippen LogP contribution is -2.43. The maximum Gasteiger partial charge on any atom is 0.0464 e. The summed E-state index contributed by atoms with van der Waals surface area (Å²) in [5, 5.41) is 4.34. The summed E-state index contributed by atoms with van der Waals surface area (Å²) in [5.74, 6) is 0. The first-order chi connectivity index (χ1) is 6.77. The Morgan fingerprint density at radius 2 is 2.21 bits per heavy atom. The lowest BCUT2D eigenvalue weighted by atomic mass is 10.0. The fourth-order valence-corrected chi connectivity index (χ4v) is 2.13. The molecule has 0 radical (unpaired) electrons. The van der Waals surface area contributed by atoms with Gasteiger partial charge in [0.05, 0.1) is 0 Å². The summed E-state index contributed by atoms with van der Waals surface area (Å²) in [4.78, 5) is 2.32. The number of halogens is 1. The molecule has 1 aromatic carbocycles. The van der Waals surface area contributed by atoms with E-state index in [1.807, 2.05) is 18.2 Å². The Kier molecular flexibility index (Phi) is 3.06. The van der Waals surface area contributed by atoms with Crippen molar-refractivity contribution in [2.24, 2.45) is 0 Å². The van der Waals surface area contributed by atoms with E-state index in [-0.39, 0.29) is 0 Å². The summed E-state index contributed by atoms with van der Waals surface area (Å²) in [7, 11) is 2.14. The number of piperazine rings is 1. The SMILES string of the molecule is CN1CCNC(c2ccccc2Cl)C1. The topological polar surface area (TPSA) is 15.3 Å². The molecule has 0 bridgehead atoms. The standard InChI is InChI=1S/C11H15ClN2/c1-14-7-6-13-11(8-14)9-4-2-3-5-10(9)12/h2-5,11,13H,6-8H2,1H3. The Morgan fingerprint density at radius 1 is 1.43 bits per heavy atom. The smallest absolute Gasteiger partial charge is 0.0464 e. The van der Waals surface area contributed by atoms with Crippen LogP contribution >= 0.6 is 11.6 Å². The molecule has 0 spiro atoms. The molecule has 3 heteroatoms. The van der Waals surface area contributed by atoms with Crippen molar-refractivity contribution in [2.45, 2.75) is 6.04 Å². The Morgan fingerprint density at radius 3 is 2.93 bits per heavy atom. The first-order valence-electron chi connectivity index (χ1n) is 4.94. The normalized spacial score (nSPS) is 23.7. The highest BCUT2D eigenvalue weighted by Gasteiger charge is 2.19. The van der Waals surface area contributed by atoms with Crippen LogP contribution < -0.4 is 5.32 Å². The predicted molar refractivity (Wildman–Crippen MR) is 59.7 cm³/mol. The van der Waals surface area contributed by atoms with E-state index < -0.39 is 0 Å². The van der Waals surface area contributed by atoms with Crippen LogP contribution in [0.1, 0.15) is 11.6 Å². The molecule has 0 saturated carbocycles. The molecular formula is C11H15ClN2. The second-order valence-corrected chi connectivity index (χ2v) is 4.20. The molecule has 1 unspecified atom stereocenters. The molecule has 0 aliphatic carbocycles. The molecule has 1 heterocycles. The van der Waals surface area contributed by atoms with E-state index in [1.165, 1.54) is 5.56 Å². The second-order valence-electron chi connectivity index (χ2n) is 3.79. The van der Waals surface area contributed by atoms with Crippen LogP contribution in [0.3, 0.4) is 0 Å². The molecular weight excluding hydrogens is 196 g/mol. The van der Waals surface area contributed by atoms with Crippen molar-refractivity contribution in [1.29, 1.82) is 0 Å². The van der Waals surface area contributed by atoms with Crippen LogP contribution in [-0.4, -0.2) is 31.6 Å². The van der Waals surface area contributed by atoms with Crippen molar-refractivity contribution in [3.8, 4) is 0 Å². The Bertz CT molecular complexity index is 314. The van der Waals surface area contributed by atoms with Crippen molar-refractivity contribution in [3.05, 3.63) is 34.9 Å². The third-order valence-corrected chi connectivity index (χ3v) is 3.00. The highest BCUT2D eigenvalue weighted by Crippen LogP contribution is 2.24. The Labute approximate surface area is 89.9 Å². The summed E-state index contributed by atoms with van der Waals surface area (Å²) in [6.07, 6.45) is 0. The van der Waals surface area contributed by atoms with Gasteiger partial charge < -0.3 is 10.2 Å². The molecule has 0 amide bonds. The minimum absolute atomic E-state index is 0.377. The molecule has 1 aromatic rings. The monoisotopic (exact) mass is 210 g/mol. The van der Waals surface area contributed by atoms with Gasteiger partial charge in [-0.3, -0.25) is 0 Å². The quantitative estimate of drug-likeness (QED) is 0.762. The summed E-state index contributed by atoms with van der Waals surface area (Å²) >= 11 is 6.15. The molecule has 1 N–H and O–H groups in total. The highest BCUT2D eigenvalue weighted by molar-refractivity contribution is 6.31. The van der Waals surface area contributed by atoms with Crippen molar-refractivity contribution < 1.29 is 0 Å². The van der Waals surface area contributed by atoms with E-state index in [0.717, 1.165) is 24.7 Å². The van der Waals surface area contributed by atoms with Gasteiger partial charge in [0.25, 0.3) is 0 Å². The van der Waals surface area contributed by atoms with Crippen molar-refractivity contribution >= 4 is 11.6 Å². The van der Waals surface area contributed by atoms with Gasteiger partial charge in [-0.25, -0.2) is 0 Å². The molecule has 1 atom stereocenters. The van der Waals surface area contributed by atoms with Crippen molar-refractivity contribution in [2.75, 3.05) is 26.7 Å². The first-order valence-corrected chi connectivity index (χ1v) is 5.31. The molecule has 0 aromatic heterocycles. The third-order valence-electron chi connectivity index (χ3n) is 2.66. The number of likely N-dealkylation sites (N-methyl/N-ethyl adjacent to an activating group) is 1. The molecule has 1 saturated heterocycles. The number of rotatable bonds is 1. The molecule has 76 valence electrons. The first kappa shape index (κ1) is 9.97. The minimum atomic E-state index is 0.377. The molecule has 2 nitrogen and oxygen atoms in total. The van der Waals surface area contributed by atoms with E-state index in [2.05, 4.69) is 23.3 Å². The van der Waals surface area contributed by atoms with Gasteiger partial charge in [-0.1, -0.05) is 29.8 Å². The van der Waals surface area contributed by atoms with Crippen LogP contribution in [0.5, 0.6) is 0 Å². The van der Waals surface area contributed by atoms with Crippen LogP contribution in [0.2, 0.25) is 5.02 Å². The van der Waals surface area contributed by atoms with Crippen LogP contribution in [0.15, 0.2) is 24.3 Å². The zero-order valence-corrected chi connectivity index (χ0v) is 9.09. The Balaban J connectivity index is 2.18. The molecule has 14 heavy (non-hydrogen) atoms. The summed E-state index contributed by atoms with van der Waals surface area (Å²) in [6, 6.07) is 8.44. The zero-order chi connectivity index (χ0) is 9.97. The fourth-order valence-electron chi connectivity index (χ4n) is 1.86. The average molecular weight is 211 g/mol. The lowest BCUT2D eigenvalue weighted by molar-refractivity contribution is 0.241. The molecule has 1 aliphatic heterocycles. The van der Waals surface area contributed by atoms with Crippen LogP contribution in [0.25, 0.3) is 0 Å². The average Bonchev–Trinajstić information content (AvgIpc) is 2.18. The van der Waals surface area contributed by atoms with E-state index in [1.54, 1.807) is 0 Å². The molecule has 2 rings (SSSR count). The van der Waals surface area contributed by atoms with E-state index >= 15 is 0 Å². The van der Waals surface area contributed by atoms with Crippen LogP contribution in [-0.2, 0) is 0 Å². The van der Waals surface area contributed by atoms with Gasteiger partial charge in [0, 0.05) is 30.7 Å². The minimum Gasteiger partial charge on any atom is -0.308 e. The number of nitrogens with zero attached hydrogens (tertiary/aromatic N) is 1. The Hall–Kier alpha value is -0.570. The van der Waals surface area contributed by atoms with Gasteiger partial charge in [0.15, 0.2) is 0 Å². The fraction of sp³-hybridized carbons (Fsp3) is 0.455. The maximum atomic E-state index is 6.15. The van der Waals surface area contributed by atoms with Gasteiger partial charge in [-0.2, -0.15) is 0 Å². The van der Waals surface area contributed by atoms with Crippen LogP contribution in [0, 0.1) is 0 Å². The van der Waals surface area contributed by atoms with Crippen molar-refractivity contribution in [1.82, 2.24) is 10.2 Å². The van der Waals surface area contributed by atoms with Gasteiger partial charge in [0.1, 0.15) is 0 Å². The second kappa shape index (κ2) is 4.30. The maximum absolute atomic E-state index is 6.15. The van der Waals surface area contributed by atoms with E-state index in [9.17, 15) is 0 Å². The van der Waals surface area contributed by atoms with E-state index in [0.29, 0.717) is 6.04 Å². The number of hydrogen-bond donors (Lipinski definition) is 1. The highest BCUT2D eigenvalue weighted by atomic mass is 35.5. The largest absolute Gasteiger partial charge is 0.308 e. The van der Waals surface area contributed by atoms with Crippen LogP contribution in [0.4, 0.5) is 0 Å². The van der Waals surface area contributed by atoms with Crippen molar-refractivity contribution in [3.63, 3.8) is 0 Å². The predicted octanol–water partition coefficient (Wildman–Crippen LogP) is 1.92. The zero-order valence-electron chi connectivity index (χ0n) is 8.33. The van der Waals surface area contributed by atoms with Gasteiger partial charge in [-0.05, 0) is 18.7 Å². The van der Waals surface area contributed by atoms with Gasteiger partial charge >= 0.3 is 0 Å². The lowest BCUT2D eigenvalue weighted by Gasteiger charge is -2.31. The number of nitrogens with one attached hydrogen (secondary N) is 1. The number of benzene rings is 1. The third kappa shape index (κ3) is 2.08. The number of hydrogen-bond acceptors (Lipinski definition) is 2. The molecule has 1 fully saturated rings. The summed E-state index contributed by atoms with van der Waals surface area (Å²) < 4.78 is 0. The molecule has 1 aliphatic rings.